The molecule has 0 radical (unpaired) electrons. The number of thioether (sulfide) groups is 1. The molecule has 2 aromatic carbocycles. The van der Waals surface area contributed by atoms with Gasteiger partial charge in [0.25, 0.3) is 5.91 Å². The van der Waals surface area contributed by atoms with Gasteiger partial charge in [0.15, 0.2) is 5.17 Å². The molecule has 2 aliphatic rings. The number of fused-ring (bicyclic) bond motifs is 1. The molecule has 4 rings (SSSR count). The van der Waals surface area contributed by atoms with E-state index >= 15 is 0 Å². The van der Waals surface area contributed by atoms with Gasteiger partial charge in [0.2, 0.25) is 5.91 Å². The number of unbranched alkanes of at least 4 members (excludes halogenated alkanes) is 8. The number of para-hydroxylation sites is 1. The molecule has 2 heterocycles. The third kappa shape index (κ3) is 8.47. The number of amides is 2. The van der Waals surface area contributed by atoms with Gasteiger partial charge in [-0.2, -0.15) is 0 Å². The molecule has 0 aromatic heterocycles. The summed E-state index contributed by atoms with van der Waals surface area (Å²) in [6.07, 6.45) is 12.7. The molecule has 2 aliphatic heterocycles. The van der Waals surface area contributed by atoms with E-state index in [2.05, 4.69) is 22.5 Å². The highest BCUT2D eigenvalue weighted by Gasteiger charge is 2.37. The Morgan fingerprint density at radius 2 is 1.52 bits per heavy atom. The number of allylic oxidation sites excluding steroid dienone is 1. The maximum atomic E-state index is 13.5. The van der Waals surface area contributed by atoms with Gasteiger partial charge < -0.3 is 15.5 Å². The predicted molar refractivity (Wildman–Crippen MR) is 169 cm³/mol. The summed E-state index contributed by atoms with van der Waals surface area (Å²) < 4.78 is 0. The minimum Gasteiger partial charge on any atom is -0.340 e. The number of benzene rings is 2. The quantitative estimate of drug-likeness (QED) is 0.228. The second kappa shape index (κ2) is 15.7. The second-order valence-electron chi connectivity index (χ2n) is 10.8. The summed E-state index contributed by atoms with van der Waals surface area (Å²) in [7, 11) is 0. The summed E-state index contributed by atoms with van der Waals surface area (Å²) in [5.74, 6) is 0.962. The molecule has 0 aliphatic carbocycles. The summed E-state index contributed by atoms with van der Waals surface area (Å²) in [6, 6.07) is 17.3. The van der Waals surface area contributed by atoms with Crippen molar-refractivity contribution in [2.45, 2.75) is 90.5 Å². The summed E-state index contributed by atoms with van der Waals surface area (Å²) in [6.45, 7) is 5.02. The average Bonchev–Trinajstić information content (AvgIpc) is 2.96. The highest BCUT2D eigenvalue weighted by molar-refractivity contribution is 8.13. The Bertz CT molecular complexity index is 1180. The fourth-order valence-electron chi connectivity index (χ4n) is 5.39. The standard InChI is InChI=1S/C33H44N4O2S/c1-3-4-5-6-7-8-9-10-14-18-29(38)35-28-21-19-26(20-22-28)31-30(32(39)36-27-16-12-11-13-17-27)25(2)34-33-37(31)23-15-24-40-33/h11-13,16-17,19-22,31H,3-10,14-15,18,23-24H2,1-2H3,(H,35,38)(H,36,39)/t31-/m0/s1. The lowest BCUT2D eigenvalue weighted by Crippen LogP contribution is -2.43. The van der Waals surface area contributed by atoms with Crippen molar-refractivity contribution >= 4 is 40.1 Å². The first kappa shape index (κ1) is 29.9. The summed E-state index contributed by atoms with van der Waals surface area (Å²) in [5.41, 5.74) is 3.98. The number of nitrogens with one attached hydrogen (secondary N) is 2. The van der Waals surface area contributed by atoms with E-state index < -0.39 is 0 Å². The fraction of sp³-hybridized carbons (Fsp3) is 0.485. The van der Waals surface area contributed by atoms with Crippen molar-refractivity contribution < 1.29 is 9.59 Å². The van der Waals surface area contributed by atoms with Gasteiger partial charge in [-0.15, -0.1) is 0 Å². The Morgan fingerprint density at radius 1 is 0.875 bits per heavy atom. The van der Waals surface area contributed by atoms with Crippen LogP contribution in [-0.4, -0.2) is 34.2 Å². The molecule has 1 atom stereocenters. The zero-order chi connectivity index (χ0) is 28.2. The van der Waals surface area contributed by atoms with Gasteiger partial charge in [0.05, 0.1) is 17.3 Å². The molecule has 2 N–H and O–H groups in total. The molecule has 0 unspecified atom stereocenters. The monoisotopic (exact) mass is 560 g/mol. The SMILES string of the molecule is CCCCCCCCCCCC(=O)Nc1ccc([C@H]2C(C(=O)Nc3ccccc3)=C(C)N=C3SCCCN32)cc1. The van der Waals surface area contributed by atoms with Crippen LogP contribution in [0.25, 0.3) is 0 Å². The number of rotatable bonds is 14. The molecule has 1 fully saturated rings. The number of anilines is 2. The van der Waals surface area contributed by atoms with Crippen molar-refractivity contribution in [2.75, 3.05) is 22.9 Å². The lowest BCUT2D eigenvalue weighted by molar-refractivity contribution is -0.116. The van der Waals surface area contributed by atoms with Crippen molar-refractivity contribution in [3.05, 3.63) is 71.4 Å². The normalized spacial score (nSPS) is 16.8. The molecular formula is C33H44N4O2S. The maximum absolute atomic E-state index is 13.5. The number of amidine groups is 1. The van der Waals surface area contributed by atoms with E-state index in [4.69, 9.17) is 4.99 Å². The van der Waals surface area contributed by atoms with Crippen LogP contribution in [0.1, 0.15) is 96.1 Å². The largest absolute Gasteiger partial charge is 0.340 e. The zero-order valence-corrected chi connectivity index (χ0v) is 24.9. The fourth-order valence-corrected chi connectivity index (χ4v) is 6.41. The van der Waals surface area contributed by atoms with Crippen LogP contribution in [0.15, 0.2) is 70.9 Å². The number of carbonyl (C=O) groups is 2. The van der Waals surface area contributed by atoms with E-state index in [1.165, 1.54) is 44.9 Å². The third-order valence-electron chi connectivity index (χ3n) is 7.55. The molecule has 214 valence electrons. The predicted octanol–water partition coefficient (Wildman–Crippen LogP) is 8.31. The van der Waals surface area contributed by atoms with Gasteiger partial charge in [-0.3, -0.25) is 9.59 Å². The molecule has 0 spiro atoms. The second-order valence-corrected chi connectivity index (χ2v) is 11.8. The van der Waals surface area contributed by atoms with Gasteiger partial charge in [-0.25, -0.2) is 4.99 Å². The Hall–Kier alpha value is -3.06. The number of hydrogen-bond acceptors (Lipinski definition) is 5. The van der Waals surface area contributed by atoms with Crippen LogP contribution < -0.4 is 10.6 Å². The van der Waals surface area contributed by atoms with Crippen LogP contribution in [0.2, 0.25) is 0 Å². The van der Waals surface area contributed by atoms with E-state index in [-0.39, 0.29) is 17.9 Å². The molecule has 1 saturated heterocycles. The van der Waals surface area contributed by atoms with Crippen LogP contribution in [0.4, 0.5) is 11.4 Å². The van der Waals surface area contributed by atoms with Gasteiger partial charge >= 0.3 is 0 Å². The van der Waals surface area contributed by atoms with Gasteiger partial charge in [0.1, 0.15) is 0 Å². The summed E-state index contributed by atoms with van der Waals surface area (Å²) in [4.78, 5) is 33.2. The van der Waals surface area contributed by atoms with Gasteiger partial charge in [0, 0.05) is 30.1 Å². The van der Waals surface area contributed by atoms with Crippen molar-refractivity contribution in [1.29, 1.82) is 0 Å². The molecule has 0 bridgehead atoms. The zero-order valence-electron chi connectivity index (χ0n) is 24.1. The van der Waals surface area contributed by atoms with E-state index in [1.807, 2.05) is 61.5 Å². The van der Waals surface area contributed by atoms with E-state index in [1.54, 1.807) is 11.8 Å². The number of hydrogen-bond donors (Lipinski definition) is 2. The van der Waals surface area contributed by atoms with Gasteiger partial charge in [-0.1, -0.05) is 100 Å². The minimum atomic E-state index is -0.226. The lowest BCUT2D eigenvalue weighted by Gasteiger charge is -2.40. The van der Waals surface area contributed by atoms with E-state index in [0.29, 0.717) is 12.0 Å². The van der Waals surface area contributed by atoms with Crippen LogP contribution in [0, 0.1) is 0 Å². The van der Waals surface area contributed by atoms with Gasteiger partial charge in [-0.05, 0) is 49.6 Å². The lowest BCUT2D eigenvalue weighted by atomic mass is 9.93. The molecule has 0 saturated carbocycles. The first-order chi connectivity index (χ1) is 19.6. The topological polar surface area (TPSA) is 73.8 Å². The molecule has 40 heavy (non-hydrogen) atoms. The van der Waals surface area contributed by atoms with Crippen molar-refractivity contribution in [2.24, 2.45) is 4.99 Å². The van der Waals surface area contributed by atoms with E-state index in [9.17, 15) is 9.59 Å². The Balaban J connectivity index is 1.36. The first-order valence-electron chi connectivity index (χ1n) is 15.0. The summed E-state index contributed by atoms with van der Waals surface area (Å²) >= 11 is 1.75. The first-order valence-corrected chi connectivity index (χ1v) is 16.0. The minimum absolute atomic E-state index is 0.0638. The van der Waals surface area contributed by atoms with Crippen molar-refractivity contribution in [3.8, 4) is 0 Å². The van der Waals surface area contributed by atoms with Crippen molar-refractivity contribution in [3.63, 3.8) is 0 Å². The van der Waals surface area contributed by atoms with Crippen LogP contribution in [0.5, 0.6) is 0 Å². The third-order valence-corrected chi connectivity index (χ3v) is 8.63. The maximum Gasteiger partial charge on any atom is 0.255 e. The Kier molecular flexibility index (Phi) is 11.7. The van der Waals surface area contributed by atoms with Crippen LogP contribution in [0.3, 0.4) is 0 Å². The van der Waals surface area contributed by atoms with Crippen LogP contribution in [-0.2, 0) is 9.59 Å². The summed E-state index contributed by atoms with van der Waals surface area (Å²) in [5, 5.41) is 7.09. The molecule has 2 aromatic rings. The Labute approximate surface area is 244 Å². The highest BCUT2D eigenvalue weighted by atomic mass is 32.2. The number of nitrogens with zero attached hydrogens (tertiary/aromatic N) is 2. The molecule has 7 heteroatoms. The number of aliphatic imine (C=N–C) groups is 1. The van der Waals surface area contributed by atoms with E-state index in [0.717, 1.165) is 59.4 Å². The average molecular weight is 561 g/mol. The highest BCUT2D eigenvalue weighted by Crippen LogP contribution is 2.40. The molecule has 2 amide bonds. The molecule has 6 nitrogen and oxygen atoms in total. The Morgan fingerprint density at radius 3 is 2.23 bits per heavy atom. The van der Waals surface area contributed by atoms with Crippen molar-refractivity contribution in [1.82, 2.24) is 4.90 Å². The van der Waals surface area contributed by atoms with Crippen LogP contribution >= 0.6 is 11.8 Å². The number of carbonyl (C=O) groups excluding carboxylic acids is 2. The smallest absolute Gasteiger partial charge is 0.255 e. The molecular weight excluding hydrogens is 516 g/mol.